The smallest absolute Gasteiger partial charge is 0.286 e. The first-order chi connectivity index (χ1) is 18.1. The van der Waals surface area contributed by atoms with E-state index in [9.17, 15) is 9.59 Å². The van der Waals surface area contributed by atoms with Crippen molar-refractivity contribution in [3.05, 3.63) is 87.0 Å². The Balaban J connectivity index is 1.81. The Hall–Kier alpha value is -3.95. The molecule has 2 aromatic heterocycles. The Morgan fingerprint density at radius 3 is 2.37 bits per heavy atom. The molecule has 0 spiro atoms. The molecule has 0 saturated heterocycles. The van der Waals surface area contributed by atoms with Crippen LogP contribution in [-0.4, -0.2) is 38.4 Å². The summed E-state index contributed by atoms with van der Waals surface area (Å²) in [5.74, 6) is -0.618. The molecule has 1 aliphatic rings. The van der Waals surface area contributed by atoms with Gasteiger partial charge >= 0.3 is 0 Å². The van der Waals surface area contributed by atoms with E-state index in [0.717, 1.165) is 11.1 Å². The minimum absolute atomic E-state index is 0.152. The predicted molar refractivity (Wildman–Crippen MR) is 145 cm³/mol. The highest BCUT2D eigenvalue weighted by Gasteiger charge is 2.45. The van der Waals surface area contributed by atoms with Crippen LogP contribution in [0.5, 0.6) is 5.75 Å². The Morgan fingerprint density at radius 1 is 1.05 bits per heavy atom. The number of aryl methyl sites for hydroxylation is 1. The molecule has 1 aliphatic heterocycles. The number of rotatable bonds is 6. The Bertz CT molecular complexity index is 1580. The topological polar surface area (TPSA) is 116 Å². The number of primary amides is 1. The lowest BCUT2D eigenvalue weighted by atomic mass is 10.0. The molecule has 5 rings (SSSR count). The highest BCUT2D eigenvalue weighted by molar-refractivity contribution is 6.31. The lowest BCUT2D eigenvalue weighted by Crippen LogP contribution is -2.31. The molecule has 0 fully saturated rings. The van der Waals surface area contributed by atoms with Crippen LogP contribution in [0.25, 0.3) is 11.5 Å². The zero-order valence-electron chi connectivity index (χ0n) is 21.1. The molecular weight excluding hydrogens is 527 g/mol. The number of carbonyl (C=O) groups excluding carboxylic acids is 2. The second-order valence-corrected chi connectivity index (χ2v) is 10.0. The average Bonchev–Trinajstić information content (AvgIpc) is 3.41. The number of anilines is 1. The summed E-state index contributed by atoms with van der Waals surface area (Å²) in [6.07, 6.45) is 1.37. The maximum absolute atomic E-state index is 14.1. The number of benzene rings is 2. The molecule has 4 aromatic rings. The molecule has 11 heteroatoms. The van der Waals surface area contributed by atoms with Crippen LogP contribution < -0.4 is 15.4 Å². The van der Waals surface area contributed by atoms with Crippen LogP contribution in [0.1, 0.15) is 63.9 Å². The molecule has 0 bridgehead atoms. The van der Waals surface area contributed by atoms with E-state index in [-0.39, 0.29) is 29.2 Å². The average molecular weight is 551 g/mol. The SMILES string of the molecule is COc1cnc(C(N)=O)nc1-c1nc2c(n1C(C)C)C(c1ccc(Cl)cc1)N(c1cc(Cl)ccc1C)C2=O. The van der Waals surface area contributed by atoms with Crippen molar-refractivity contribution in [2.75, 3.05) is 12.0 Å². The minimum Gasteiger partial charge on any atom is -0.493 e. The zero-order valence-corrected chi connectivity index (χ0v) is 22.6. The first kappa shape index (κ1) is 25.7. The maximum atomic E-state index is 14.1. The Kier molecular flexibility index (Phi) is 6.58. The molecule has 9 nitrogen and oxygen atoms in total. The van der Waals surface area contributed by atoms with Gasteiger partial charge in [0.1, 0.15) is 6.04 Å². The van der Waals surface area contributed by atoms with E-state index in [0.29, 0.717) is 33.0 Å². The first-order valence-corrected chi connectivity index (χ1v) is 12.6. The van der Waals surface area contributed by atoms with Crippen LogP contribution >= 0.6 is 23.2 Å². The molecule has 2 N–H and O–H groups in total. The molecule has 0 aliphatic carbocycles. The third-order valence-corrected chi connectivity index (χ3v) is 6.91. The monoisotopic (exact) mass is 550 g/mol. The number of carbonyl (C=O) groups is 2. The van der Waals surface area contributed by atoms with Gasteiger partial charge in [0.05, 0.1) is 19.0 Å². The van der Waals surface area contributed by atoms with Crippen LogP contribution in [0.2, 0.25) is 10.0 Å². The summed E-state index contributed by atoms with van der Waals surface area (Å²) >= 11 is 12.6. The van der Waals surface area contributed by atoms with E-state index in [2.05, 4.69) is 9.97 Å². The normalized spacial score (nSPS) is 14.8. The van der Waals surface area contributed by atoms with Gasteiger partial charge < -0.3 is 15.0 Å². The Labute approximate surface area is 229 Å². The van der Waals surface area contributed by atoms with Gasteiger partial charge in [-0.15, -0.1) is 0 Å². The number of amides is 2. The first-order valence-electron chi connectivity index (χ1n) is 11.8. The van der Waals surface area contributed by atoms with E-state index < -0.39 is 11.9 Å². The van der Waals surface area contributed by atoms with Crippen molar-refractivity contribution >= 4 is 40.7 Å². The van der Waals surface area contributed by atoms with Crippen molar-refractivity contribution in [1.29, 1.82) is 0 Å². The lowest BCUT2D eigenvalue weighted by Gasteiger charge is -2.29. The molecule has 3 heterocycles. The van der Waals surface area contributed by atoms with Gasteiger partial charge in [-0.25, -0.2) is 15.0 Å². The fraction of sp³-hybridized carbons (Fsp3) is 0.222. The van der Waals surface area contributed by atoms with Gasteiger partial charge in [-0.3, -0.25) is 14.5 Å². The van der Waals surface area contributed by atoms with E-state index in [1.807, 2.05) is 43.5 Å². The van der Waals surface area contributed by atoms with Crippen LogP contribution in [0.15, 0.2) is 48.7 Å². The maximum Gasteiger partial charge on any atom is 0.286 e. The number of hydrogen-bond acceptors (Lipinski definition) is 6. The van der Waals surface area contributed by atoms with Crippen LogP contribution in [0, 0.1) is 6.92 Å². The highest BCUT2D eigenvalue weighted by Crippen LogP contribution is 2.46. The molecular formula is C27H24Cl2N6O3. The van der Waals surface area contributed by atoms with Gasteiger partial charge in [0.25, 0.3) is 11.8 Å². The zero-order chi connectivity index (χ0) is 27.3. The quantitative estimate of drug-likeness (QED) is 0.343. The second kappa shape index (κ2) is 9.74. The van der Waals surface area contributed by atoms with Gasteiger partial charge in [-0.2, -0.15) is 0 Å². The van der Waals surface area contributed by atoms with Crippen molar-refractivity contribution in [3.63, 3.8) is 0 Å². The number of imidazole rings is 1. The van der Waals surface area contributed by atoms with Gasteiger partial charge in [-0.05, 0) is 56.2 Å². The molecule has 1 unspecified atom stereocenters. The van der Waals surface area contributed by atoms with Crippen LogP contribution in [0.3, 0.4) is 0 Å². The molecule has 38 heavy (non-hydrogen) atoms. The fourth-order valence-corrected chi connectivity index (χ4v) is 5.04. The number of aromatic nitrogens is 4. The molecule has 194 valence electrons. The third-order valence-electron chi connectivity index (χ3n) is 6.43. The summed E-state index contributed by atoms with van der Waals surface area (Å²) in [5, 5.41) is 1.08. The minimum atomic E-state index is -0.790. The number of ether oxygens (including phenoxy) is 1. The summed E-state index contributed by atoms with van der Waals surface area (Å²) in [6.45, 7) is 5.88. The lowest BCUT2D eigenvalue weighted by molar-refractivity contribution is 0.0981. The van der Waals surface area contributed by atoms with Crippen LogP contribution in [-0.2, 0) is 0 Å². The standard InChI is InChI=1S/C27H24Cl2N6O3/c1-13(2)34-23-21(33-26(34)20-19(38-4)12-31-25(32-20)24(30)36)27(37)35(18-11-17(29)8-5-14(18)3)22(23)15-6-9-16(28)10-7-15/h5-13,22H,1-4H3,(H2,30,36). The summed E-state index contributed by atoms with van der Waals surface area (Å²) in [4.78, 5) is 40.8. The van der Waals surface area contributed by atoms with Crippen molar-refractivity contribution < 1.29 is 14.3 Å². The molecule has 0 radical (unpaired) electrons. The molecule has 2 aromatic carbocycles. The third kappa shape index (κ3) is 4.17. The largest absolute Gasteiger partial charge is 0.493 e. The molecule has 0 saturated carbocycles. The van der Waals surface area contributed by atoms with Crippen molar-refractivity contribution in [2.45, 2.75) is 32.9 Å². The van der Waals surface area contributed by atoms with Gasteiger partial charge in [0, 0.05) is 21.8 Å². The number of halogens is 2. The Morgan fingerprint density at radius 2 is 1.74 bits per heavy atom. The fourth-order valence-electron chi connectivity index (χ4n) is 4.75. The number of fused-ring (bicyclic) bond motifs is 1. The predicted octanol–water partition coefficient (Wildman–Crippen LogP) is 5.39. The van der Waals surface area contributed by atoms with Gasteiger partial charge in [0.2, 0.25) is 5.82 Å². The summed E-state index contributed by atoms with van der Waals surface area (Å²) in [7, 11) is 1.47. The highest BCUT2D eigenvalue weighted by atomic mass is 35.5. The van der Waals surface area contributed by atoms with E-state index in [4.69, 9.17) is 38.7 Å². The van der Waals surface area contributed by atoms with Crippen molar-refractivity contribution in [2.24, 2.45) is 5.73 Å². The van der Waals surface area contributed by atoms with Crippen molar-refractivity contribution in [3.8, 4) is 17.3 Å². The number of nitrogens with two attached hydrogens (primary N) is 1. The van der Waals surface area contributed by atoms with E-state index in [1.54, 1.807) is 29.2 Å². The van der Waals surface area contributed by atoms with Gasteiger partial charge in [-0.1, -0.05) is 41.4 Å². The summed E-state index contributed by atoms with van der Waals surface area (Å²) < 4.78 is 7.42. The number of nitrogens with zero attached hydrogens (tertiary/aromatic N) is 5. The van der Waals surface area contributed by atoms with Crippen molar-refractivity contribution in [1.82, 2.24) is 19.5 Å². The molecule has 1 atom stereocenters. The van der Waals surface area contributed by atoms with Crippen LogP contribution in [0.4, 0.5) is 5.69 Å². The number of methoxy groups -OCH3 is 1. The van der Waals surface area contributed by atoms with Gasteiger partial charge in [0.15, 0.2) is 23.0 Å². The van der Waals surface area contributed by atoms with E-state index in [1.165, 1.54) is 13.3 Å². The van der Waals surface area contributed by atoms with E-state index >= 15 is 0 Å². The summed E-state index contributed by atoms with van der Waals surface area (Å²) in [6, 6.07) is 12.1. The number of hydrogen-bond donors (Lipinski definition) is 1. The second-order valence-electron chi connectivity index (χ2n) is 9.17. The molecule has 2 amide bonds. The summed E-state index contributed by atoms with van der Waals surface area (Å²) in [5.41, 5.74) is 9.02.